The molecule has 5 heteroatoms. The Kier molecular flexibility index (Phi) is 4.82. The lowest BCUT2D eigenvalue weighted by atomic mass is 10.0. The van der Waals surface area contributed by atoms with E-state index in [1.807, 2.05) is 12.1 Å². The zero-order valence-corrected chi connectivity index (χ0v) is 12.7. The van der Waals surface area contributed by atoms with Gasteiger partial charge >= 0.3 is 0 Å². The monoisotopic (exact) mass is 325 g/mol. The van der Waals surface area contributed by atoms with Gasteiger partial charge in [0.05, 0.1) is 0 Å². The van der Waals surface area contributed by atoms with Crippen LogP contribution in [0.4, 0.5) is 5.69 Å². The van der Waals surface area contributed by atoms with Gasteiger partial charge in [-0.25, -0.2) is 0 Å². The molecular weight excluding hydrogens is 306 g/mol. The number of rotatable bonds is 3. The average Bonchev–Trinajstić information content (AvgIpc) is 2.38. The highest BCUT2D eigenvalue weighted by Gasteiger charge is 2.21. The maximum absolute atomic E-state index is 11.1. The predicted molar refractivity (Wildman–Crippen MR) is 81.1 cm³/mol. The van der Waals surface area contributed by atoms with Crippen molar-refractivity contribution in [1.29, 1.82) is 0 Å². The van der Waals surface area contributed by atoms with E-state index >= 15 is 0 Å². The molecule has 4 nitrogen and oxygen atoms in total. The van der Waals surface area contributed by atoms with Gasteiger partial charge in [0.1, 0.15) is 0 Å². The van der Waals surface area contributed by atoms with Crippen molar-refractivity contribution in [3.63, 3.8) is 0 Å². The zero-order chi connectivity index (χ0) is 13.8. The highest BCUT2D eigenvalue weighted by molar-refractivity contribution is 9.10. The third kappa shape index (κ3) is 3.48. The maximum Gasteiger partial charge on any atom is 0.217 e. The molecule has 1 aliphatic rings. The van der Waals surface area contributed by atoms with Gasteiger partial charge in [0.25, 0.3) is 0 Å². The van der Waals surface area contributed by atoms with E-state index in [9.17, 15) is 4.79 Å². The number of hydrogen-bond donors (Lipinski definition) is 2. The van der Waals surface area contributed by atoms with E-state index in [0.29, 0.717) is 12.6 Å². The number of carbonyl (C=O) groups excluding carboxylic acids is 1. The largest absolute Gasteiger partial charge is 0.371 e. The van der Waals surface area contributed by atoms with Gasteiger partial charge in [0, 0.05) is 48.3 Å². The number of nitrogens with two attached hydrogens (primary N) is 1. The van der Waals surface area contributed by atoms with Crippen molar-refractivity contribution in [3.05, 3.63) is 28.2 Å². The lowest BCUT2D eigenvalue weighted by molar-refractivity contribution is -0.119. The molecule has 1 aliphatic heterocycles. The first kappa shape index (κ1) is 14.3. The molecule has 0 unspecified atom stereocenters. The molecule has 0 aliphatic carbocycles. The Labute approximate surface area is 122 Å². The van der Waals surface area contributed by atoms with Crippen molar-refractivity contribution in [2.24, 2.45) is 5.73 Å². The minimum absolute atomic E-state index is 0.0588. The summed E-state index contributed by atoms with van der Waals surface area (Å²) < 4.78 is 1.07. The van der Waals surface area contributed by atoms with Gasteiger partial charge in [-0.3, -0.25) is 4.79 Å². The van der Waals surface area contributed by atoms with Gasteiger partial charge in [-0.2, -0.15) is 0 Å². The number of hydrogen-bond acceptors (Lipinski definition) is 3. The topological polar surface area (TPSA) is 58.4 Å². The zero-order valence-electron chi connectivity index (χ0n) is 11.2. The first-order valence-corrected chi connectivity index (χ1v) is 7.40. The van der Waals surface area contributed by atoms with E-state index < -0.39 is 0 Å². The van der Waals surface area contributed by atoms with Crippen LogP contribution in [-0.2, 0) is 11.3 Å². The Hall–Kier alpha value is -1.07. The Balaban J connectivity index is 2.05. The molecule has 104 valence electrons. The first-order valence-electron chi connectivity index (χ1n) is 6.61. The fraction of sp³-hybridized carbons (Fsp3) is 0.500. The lowest BCUT2D eigenvalue weighted by Crippen LogP contribution is -2.44. The van der Waals surface area contributed by atoms with Gasteiger partial charge in [0.15, 0.2) is 0 Å². The molecule has 3 N–H and O–H groups in total. The summed E-state index contributed by atoms with van der Waals surface area (Å²) in [4.78, 5) is 13.4. The van der Waals surface area contributed by atoms with Crippen LogP contribution in [0.3, 0.4) is 0 Å². The normalized spacial score (nSPS) is 16.5. The summed E-state index contributed by atoms with van der Waals surface area (Å²) in [5.41, 5.74) is 8.20. The highest BCUT2D eigenvalue weighted by atomic mass is 79.9. The minimum Gasteiger partial charge on any atom is -0.371 e. The second-order valence-corrected chi connectivity index (χ2v) is 5.76. The van der Waals surface area contributed by atoms with Gasteiger partial charge < -0.3 is 16.0 Å². The second kappa shape index (κ2) is 6.39. The molecule has 0 bridgehead atoms. The van der Waals surface area contributed by atoms with Crippen LogP contribution in [-0.4, -0.2) is 25.0 Å². The van der Waals surface area contributed by atoms with Crippen molar-refractivity contribution < 1.29 is 4.79 Å². The first-order chi connectivity index (χ1) is 9.11. The van der Waals surface area contributed by atoms with Crippen LogP contribution in [0.25, 0.3) is 0 Å². The summed E-state index contributed by atoms with van der Waals surface area (Å²) in [5, 5.41) is 2.99. The predicted octanol–water partition coefficient (Wildman–Crippen LogP) is 2.01. The van der Waals surface area contributed by atoms with Gasteiger partial charge in [-0.05, 0) is 25.0 Å². The fourth-order valence-electron chi connectivity index (χ4n) is 2.60. The molecule has 0 atom stereocenters. The third-order valence-electron chi connectivity index (χ3n) is 3.54. The number of nitrogens with one attached hydrogen (secondary N) is 1. The number of nitrogens with zero attached hydrogens (tertiary/aromatic N) is 1. The lowest BCUT2D eigenvalue weighted by Gasteiger charge is -2.35. The molecule has 2 rings (SSSR count). The number of anilines is 1. The van der Waals surface area contributed by atoms with Gasteiger partial charge in [-0.15, -0.1) is 0 Å². The summed E-state index contributed by atoms with van der Waals surface area (Å²) in [7, 11) is 0. The molecule has 0 aromatic heterocycles. The molecule has 19 heavy (non-hydrogen) atoms. The summed E-state index contributed by atoms with van der Waals surface area (Å²) in [6.45, 7) is 4.01. The van der Waals surface area contributed by atoms with Crippen LogP contribution < -0.4 is 16.0 Å². The van der Waals surface area contributed by atoms with E-state index in [1.54, 1.807) is 6.92 Å². The van der Waals surface area contributed by atoms with Crippen LogP contribution in [0, 0.1) is 0 Å². The SMILES string of the molecule is CC(=O)NC1CCN(c2cccc(Br)c2CN)CC1. The van der Waals surface area contributed by atoms with Crippen LogP contribution in [0.2, 0.25) is 0 Å². The van der Waals surface area contributed by atoms with E-state index in [-0.39, 0.29) is 5.91 Å². The molecule has 0 saturated carbocycles. The molecule has 1 aromatic carbocycles. The number of amides is 1. The maximum atomic E-state index is 11.1. The van der Waals surface area contributed by atoms with E-state index in [1.165, 1.54) is 5.69 Å². The number of benzene rings is 1. The van der Waals surface area contributed by atoms with Crippen molar-refractivity contribution in [3.8, 4) is 0 Å². The molecule has 1 fully saturated rings. The Morgan fingerprint density at radius 3 is 2.74 bits per heavy atom. The number of carbonyl (C=O) groups is 1. The fourth-order valence-corrected chi connectivity index (χ4v) is 3.12. The van der Waals surface area contributed by atoms with E-state index in [0.717, 1.165) is 36.0 Å². The van der Waals surface area contributed by atoms with E-state index in [2.05, 4.69) is 32.2 Å². The molecular formula is C14H20BrN3O. The summed E-state index contributed by atoms with van der Waals surface area (Å²) >= 11 is 3.55. The third-order valence-corrected chi connectivity index (χ3v) is 4.28. The Bertz CT molecular complexity index is 456. The quantitative estimate of drug-likeness (QED) is 0.893. The van der Waals surface area contributed by atoms with Crippen molar-refractivity contribution in [2.45, 2.75) is 32.4 Å². The van der Waals surface area contributed by atoms with Crippen LogP contribution in [0.1, 0.15) is 25.3 Å². The standard InChI is InChI=1S/C14H20BrN3O/c1-10(19)17-11-5-7-18(8-6-11)14-4-2-3-13(15)12(14)9-16/h2-4,11H,5-9,16H2,1H3,(H,17,19). The second-order valence-electron chi connectivity index (χ2n) is 4.90. The number of halogens is 1. The summed E-state index contributed by atoms with van der Waals surface area (Å²) in [5.74, 6) is 0.0588. The molecule has 1 saturated heterocycles. The molecule has 1 heterocycles. The van der Waals surface area contributed by atoms with Crippen molar-refractivity contribution in [2.75, 3.05) is 18.0 Å². The Morgan fingerprint density at radius 2 is 2.16 bits per heavy atom. The molecule has 0 spiro atoms. The van der Waals surface area contributed by atoms with Crippen molar-refractivity contribution >= 4 is 27.5 Å². The minimum atomic E-state index is 0.0588. The molecule has 1 aromatic rings. The Morgan fingerprint density at radius 1 is 1.47 bits per heavy atom. The van der Waals surface area contributed by atoms with E-state index in [4.69, 9.17) is 5.73 Å². The highest BCUT2D eigenvalue weighted by Crippen LogP contribution is 2.29. The van der Waals surface area contributed by atoms with Crippen LogP contribution >= 0.6 is 15.9 Å². The summed E-state index contributed by atoms with van der Waals surface area (Å²) in [6, 6.07) is 6.49. The average molecular weight is 326 g/mol. The molecule has 1 amide bonds. The number of piperidine rings is 1. The van der Waals surface area contributed by atoms with Crippen LogP contribution in [0.15, 0.2) is 22.7 Å². The van der Waals surface area contributed by atoms with Gasteiger partial charge in [-0.1, -0.05) is 22.0 Å². The molecule has 0 radical (unpaired) electrons. The van der Waals surface area contributed by atoms with Gasteiger partial charge in [0.2, 0.25) is 5.91 Å². The van der Waals surface area contributed by atoms with Crippen LogP contribution in [0.5, 0.6) is 0 Å². The smallest absolute Gasteiger partial charge is 0.217 e. The summed E-state index contributed by atoms with van der Waals surface area (Å²) in [6.07, 6.45) is 1.96. The van der Waals surface area contributed by atoms with Crippen molar-refractivity contribution in [1.82, 2.24) is 5.32 Å².